The number of hydrogen-bond donors (Lipinski definition) is 5. The SMILES string of the molecule is CSCCC(N)C(=O)NC(C(=O)NC(CCSC)C(=O)NCC(=O)O)C(C)C. The first-order valence-corrected chi connectivity index (χ1v) is 11.8. The fourth-order valence-corrected chi connectivity index (χ4v) is 3.18. The standard InChI is InChI=1S/C17H32N4O5S2/c1-10(2)14(21-15(24)11(18)5-7-27-3)17(26)20-12(6-8-28-4)16(25)19-9-13(22)23/h10-12,14H,5-9,18H2,1-4H3,(H,19,25)(H,20,26)(H,21,24)(H,22,23). The zero-order chi connectivity index (χ0) is 21.7. The fraction of sp³-hybridized carbons (Fsp3) is 0.765. The normalized spacial score (nSPS) is 14.1. The molecule has 6 N–H and O–H groups in total. The summed E-state index contributed by atoms with van der Waals surface area (Å²) in [7, 11) is 0. The highest BCUT2D eigenvalue weighted by atomic mass is 32.2. The first-order valence-electron chi connectivity index (χ1n) is 8.97. The van der Waals surface area contributed by atoms with Gasteiger partial charge in [0.2, 0.25) is 17.7 Å². The van der Waals surface area contributed by atoms with E-state index in [1.54, 1.807) is 25.6 Å². The molecule has 0 spiro atoms. The first kappa shape index (κ1) is 26.5. The summed E-state index contributed by atoms with van der Waals surface area (Å²) >= 11 is 3.08. The molecule has 11 heteroatoms. The van der Waals surface area contributed by atoms with Crippen molar-refractivity contribution in [1.82, 2.24) is 16.0 Å². The molecule has 0 aromatic heterocycles. The number of hydrogen-bond acceptors (Lipinski definition) is 7. The number of rotatable bonds is 14. The summed E-state index contributed by atoms with van der Waals surface area (Å²) in [4.78, 5) is 47.8. The number of thioether (sulfide) groups is 2. The zero-order valence-corrected chi connectivity index (χ0v) is 18.5. The molecule has 0 radical (unpaired) electrons. The third-order valence-corrected chi connectivity index (χ3v) is 5.16. The van der Waals surface area contributed by atoms with Crippen LogP contribution in [0.2, 0.25) is 0 Å². The summed E-state index contributed by atoms with van der Waals surface area (Å²) < 4.78 is 0. The molecule has 0 aromatic carbocycles. The molecule has 0 fully saturated rings. The third kappa shape index (κ3) is 10.8. The first-order chi connectivity index (χ1) is 13.1. The van der Waals surface area contributed by atoms with Gasteiger partial charge in [0.25, 0.3) is 0 Å². The molecular weight excluding hydrogens is 404 g/mol. The smallest absolute Gasteiger partial charge is 0.322 e. The predicted molar refractivity (Wildman–Crippen MR) is 113 cm³/mol. The number of nitrogens with one attached hydrogen (secondary N) is 3. The molecule has 28 heavy (non-hydrogen) atoms. The Balaban J connectivity index is 5.04. The van der Waals surface area contributed by atoms with Crippen molar-refractivity contribution in [2.45, 2.75) is 44.8 Å². The molecule has 0 aliphatic heterocycles. The van der Waals surface area contributed by atoms with Crippen molar-refractivity contribution in [1.29, 1.82) is 0 Å². The highest BCUT2D eigenvalue weighted by Crippen LogP contribution is 2.07. The summed E-state index contributed by atoms with van der Waals surface area (Å²) in [5.74, 6) is -1.56. The maximum Gasteiger partial charge on any atom is 0.322 e. The van der Waals surface area contributed by atoms with Gasteiger partial charge in [0, 0.05) is 0 Å². The topological polar surface area (TPSA) is 151 Å². The van der Waals surface area contributed by atoms with E-state index < -0.39 is 48.4 Å². The molecule has 0 heterocycles. The molecule has 0 aromatic rings. The maximum atomic E-state index is 12.7. The number of amides is 3. The lowest BCUT2D eigenvalue weighted by atomic mass is 10.0. The Hall–Kier alpha value is -1.46. The monoisotopic (exact) mass is 436 g/mol. The minimum Gasteiger partial charge on any atom is -0.480 e. The Kier molecular flexibility index (Phi) is 13.8. The molecule has 0 aliphatic rings. The molecule has 0 rings (SSSR count). The van der Waals surface area contributed by atoms with Crippen LogP contribution in [0.15, 0.2) is 0 Å². The van der Waals surface area contributed by atoms with Crippen LogP contribution in [0.4, 0.5) is 0 Å². The molecule has 0 aliphatic carbocycles. The van der Waals surface area contributed by atoms with Crippen LogP contribution in [0.25, 0.3) is 0 Å². The van der Waals surface area contributed by atoms with Gasteiger partial charge >= 0.3 is 5.97 Å². The van der Waals surface area contributed by atoms with E-state index in [1.165, 1.54) is 11.8 Å². The van der Waals surface area contributed by atoms with Crippen LogP contribution in [-0.2, 0) is 19.2 Å². The molecule has 162 valence electrons. The summed E-state index contributed by atoms with van der Waals surface area (Å²) in [5, 5.41) is 16.3. The Morgan fingerprint density at radius 3 is 2.00 bits per heavy atom. The Bertz CT molecular complexity index is 534. The van der Waals surface area contributed by atoms with Gasteiger partial charge in [0.05, 0.1) is 6.04 Å². The average molecular weight is 437 g/mol. The van der Waals surface area contributed by atoms with Crippen LogP contribution in [-0.4, -0.2) is 77.5 Å². The number of carbonyl (C=O) groups is 4. The van der Waals surface area contributed by atoms with E-state index in [0.717, 1.165) is 5.75 Å². The van der Waals surface area contributed by atoms with Crippen molar-refractivity contribution in [2.24, 2.45) is 11.7 Å². The quantitative estimate of drug-likeness (QED) is 0.248. The van der Waals surface area contributed by atoms with Gasteiger partial charge in [-0.1, -0.05) is 13.8 Å². The summed E-state index contributed by atoms with van der Waals surface area (Å²) in [6, 6.07) is -2.45. The molecule has 3 atom stereocenters. The lowest BCUT2D eigenvalue weighted by molar-refractivity contribution is -0.138. The van der Waals surface area contributed by atoms with E-state index in [4.69, 9.17) is 10.8 Å². The van der Waals surface area contributed by atoms with Gasteiger partial charge in [-0.3, -0.25) is 19.2 Å². The van der Waals surface area contributed by atoms with Crippen LogP contribution >= 0.6 is 23.5 Å². The molecule has 0 bridgehead atoms. The van der Waals surface area contributed by atoms with Crippen molar-refractivity contribution < 1.29 is 24.3 Å². The second kappa shape index (κ2) is 14.5. The van der Waals surface area contributed by atoms with Gasteiger partial charge in [-0.25, -0.2) is 0 Å². The number of carboxylic acid groups (broad SMARTS) is 1. The Labute approximate surface area is 174 Å². The van der Waals surface area contributed by atoms with Crippen LogP contribution in [0.1, 0.15) is 26.7 Å². The van der Waals surface area contributed by atoms with E-state index in [9.17, 15) is 19.2 Å². The minimum absolute atomic E-state index is 0.222. The molecular formula is C17H32N4O5S2. The maximum absolute atomic E-state index is 12.7. The highest BCUT2D eigenvalue weighted by Gasteiger charge is 2.29. The van der Waals surface area contributed by atoms with Gasteiger partial charge < -0.3 is 26.8 Å². The largest absolute Gasteiger partial charge is 0.480 e. The molecule has 3 unspecified atom stereocenters. The highest BCUT2D eigenvalue weighted by molar-refractivity contribution is 7.98. The van der Waals surface area contributed by atoms with Gasteiger partial charge in [-0.05, 0) is 42.8 Å². The Morgan fingerprint density at radius 1 is 0.929 bits per heavy atom. The summed E-state index contributed by atoms with van der Waals surface area (Å²) in [6.07, 6.45) is 4.61. The fourth-order valence-electron chi connectivity index (χ4n) is 2.22. The summed E-state index contributed by atoms with van der Waals surface area (Å²) in [6.45, 7) is 3.03. The number of carboxylic acids is 1. The molecule has 3 amide bonds. The summed E-state index contributed by atoms with van der Waals surface area (Å²) in [5.41, 5.74) is 5.86. The van der Waals surface area contributed by atoms with E-state index in [1.807, 2.05) is 12.5 Å². The van der Waals surface area contributed by atoms with E-state index >= 15 is 0 Å². The Morgan fingerprint density at radius 2 is 1.50 bits per heavy atom. The van der Waals surface area contributed by atoms with Gasteiger partial charge in [0.15, 0.2) is 0 Å². The second-order valence-electron chi connectivity index (χ2n) is 6.57. The average Bonchev–Trinajstić information content (AvgIpc) is 2.64. The van der Waals surface area contributed by atoms with Crippen molar-refractivity contribution in [3.63, 3.8) is 0 Å². The zero-order valence-electron chi connectivity index (χ0n) is 16.8. The number of carbonyl (C=O) groups excluding carboxylic acids is 3. The minimum atomic E-state index is -1.17. The van der Waals surface area contributed by atoms with Crippen molar-refractivity contribution in [3.8, 4) is 0 Å². The van der Waals surface area contributed by atoms with Crippen LogP contribution < -0.4 is 21.7 Å². The molecule has 0 saturated heterocycles. The molecule has 9 nitrogen and oxygen atoms in total. The second-order valence-corrected chi connectivity index (χ2v) is 8.54. The van der Waals surface area contributed by atoms with Crippen molar-refractivity contribution in [2.75, 3.05) is 30.6 Å². The predicted octanol–water partition coefficient (Wildman–Crippen LogP) is -0.354. The van der Waals surface area contributed by atoms with Gasteiger partial charge in [-0.15, -0.1) is 0 Å². The lowest BCUT2D eigenvalue weighted by Crippen LogP contribution is -2.57. The lowest BCUT2D eigenvalue weighted by Gasteiger charge is -2.26. The van der Waals surface area contributed by atoms with E-state index in [2.05, 4.69) is 16.0 Å². The van der Waals surface area contributed by atoms with E-state index in [-0.39, 0.29) is 5.92 Å². The number of aliphatic carboxylic acids is 1. The third-order valence-electron chi connectivity index (χ3n) is 3.87. The van der Waals surface area contributed by atoms with Gasteiger partial charge in [-0.2, -0.15) is 23.5 Å². The van der Waals surface area contributed by atoms with Crippen LogP contribution in [0, 0.1) is 5.92 Å². The van der Waals surface area contributed by atoms with Crippen LogP contribution in [0.3, 0.4) is 0 Å². The van der Waals surface area contributed by atoms with Crippen molar-refractivity contribution >= 4 is 47.2 Å². The number of nitrogens with two attached hydrogens (primary N) is 1. The molecule has 0 saturated carbocycles. The van der Waals surface area contributed by atoms with Gasteiger partial charge in [0.1, 0.15) is 18.6 Å². The van der Waals surface area contributed by atoms with Crippen molar-refractivity contribution in [3.05, 3.63) is 0 Å². The van der Waals surface area contributed by atoms with Crippen LogP contribution in [0.5, 0.6) is 0 Å². The van der Waals surface area contributed by atoms with E-state index in [0.29, 0.717) is 18.6 Å².